The van der Waals surface area contributed by atoms with E-state index in [0.29, 0.717) is 29.0 Å². The maximum absolute atomic E-state index is 14.2. The highest BCUT2D eigenvalue weighted by atomic mass is 16.5. The molecule has 9 heteroatoms. The molecule has 0 aliphatic carbocycles. The Morgan fingerprint density at radius 2 is 1.70 bits per heavy atom. The van der Waals surface area contributed by atoms with Crippen LogP contribution in [0.1, 0.15) is 49.9 Å². The first-order valence-electron chi connectivity index (χ1n) is 13.3. The lowest BCUT2D eigenvalue weighted by atomic mass is 9.97. The van der Waals surface area contributed by atoms with E-state index < -0.39 is 11.6 Å². The van der Waals surface area contributed by atoms with E-state index in [-0.39, 0.29) is 24.9 Å². The van der Waals surface area contributed by atoms with Crippen LogP contribution in [0.2, 0.25) is 0 Å². The zero-order valence-corrected chi connectivity index (χ0v) is 24.0. The summed E-state index contributed by atoms with van der Waals surface area (Å²) >= 11 is 0. The molecule has 0 saturated heterocycles. The number of ether oxygens (including phenoxy) is 2. The molecule has 0 bridgehead atoms. The molecule has 0 unspecified atom stereocenters. The van der Waals surface area contributed by atoms with Crippen molar-refractivity contribution in [1.82, 2.24) is 25.2 Å². The summed E-state index contributed by atoms with van der Waals surface area (Å²) < 4.78 is 12.6. The molecule has 4 rings (SSSR count). The molecule has 0 radical (unpaired) electrons. The first-order chi connectivity index (χ1) is 19.2. The third-order valence-corrected chi connectivity index (χ3v) is 7.13. The number of fused-ring (bicyclic) bond motifs is 1. The molecule has 0 aliphatic heterocycles. The first-order valence-corrected chi connectivity index (χ1v) is 13.3. The Balaban J connectivity index is 1.81. The van der Waals surface area contributed by atoms with Crippen LogP contribution in [0.25, 0.3) is 11.0 Å². The Bertz CT molecular complexity index is 1480. The zero-order chi connectivity index (χ0) is 28.9. The predicted molar refractivity (Wildman–Crippen MR) is 154 cm³/mol. The second kappa shape index (κ2) is 12.2. The highest BCUT2D eigenvalue weighted by Crippen LogP contribution is 2.33. The quantitative estimate of drug-likeness (QED) is 0.291. The minimum atomic E-state index is -0.950. The van der Waals surface area contributed by atoms with Gasteiger partial charge in [0, 0.05) is 12.1 Å². The number of carbonyl (C=O) groups excluding carboxylic acids is 2. The number of aryl methyl sites for hydroxylation is 1. The molecular formula is C31H37N5O4. The van der Waals surface area contributed by atoms with Crippen molar-refractivity contribution < 1.29 is 19.1 Å². The van der Waals surface area contributed by atoms with Gasteiger partial charge in [-0.1, -0.05) is 60.2 Å². The molecule has 1 atom stereocenters. The minimum Gasteiger partial charge on any atom is -0.493 e. The van der Waals surface area contributed by atoms with Gasteiger partial charge in [0.1, 0.15) is 18.1 Å². The summed E-state index contributed by atoms with van der Waals surface area (Å²) in [6.07, 6.45) is 0.717. The lowest BCUT2D eigenvalue weighted by molar-refractivity contribution is -0.143. The van der Waals surface area contributed by atoms with E-state index in [1.807, 2.05) is 76.2 Å². The fourth-order valence-electron chi connectivity index (χ4n) is 4.45. The van der Waals surface area contributed by atoms with Gasteiger partial charge in [0.15, 0.2) is 11.5 Å². The number of amides is 2. The van der Waals surface area contributed by atoms with Gasteiger partial charge >= 0.3 is 0 Å². The van der Waals surface area contributed by atoms with Gasteiger partial charge in [0.2, 0.25) is 11.8 Å². The van der Waals surface area contributed by atoms with Crippen molar-refractivity contribution in [3.05, 3.63) is 83.4 Å². The molecule has 0 fully saturated rings. The van der Waals surface area contributed by atoms with Crippen molar-refractivity contribution in [2.75, 3.05) is 14.2 Å². The van der Waals surface area contributed by atoms with E-state index in [9.17, 15) is 9.59 Å². The molecule has 1 N–H and O–H groups in total. The Morgan fingerprint density at radius 1 is 1.00 bits per heavy atom. The summed E-state index contributed by atoms with van der Waals surface area (Å²) in [6, 6.07) is 19.8. The maximum Gasteiger partial charge on any atom is 0.247 e. The molecule has 210 valence electrons. The first kappa shape index (κ1) is 28.6. The third kappa shape index (κ3) is 6.42. The van der Waals surface area contributed by atoms with Gasteiger partial charge in [-0.2, -0.15) is 0 Å². The molecule has 0 spiro atoms. The Morgan fingerprint density at radius 3 is 2.38 bits per heavy atom. The van der Waals surface area contributed by atoms with Gasteiger partial charge in [-0.05, 0) is 62.6 Å². The molecule has 0 saturated carbocycles. The van der Waals surface area contributed by atoms with Crippen LogP contribution in [0.5, 0.6) is 11.5 Å². The summed E-state index contributed by atoms with van der Waals surface area (Å²) in [5, 5.41) is 11.6. The van der Waals surface area contributed by atoms with E-state index in [1.165, 1.54) is 0 Å². The summed E-state index contributed by atoms with van der Waals surface area (Å²) in [7, 11) is 3.10. The minimum absolute atomic E-state index is 0.0827. The Hall–Kier alpha value is -4.40. The Kier molecular flexibility index (Phi) is 8.72. The SMILES string of the molecule is CCC(C)(C)NC(=O)[C@@H](c1ccc(OC)c(OC)c1)N(Cc1ccc(C)cc1)C(=O)Cn1nnc2ccccc21. The normalized spacial score (nSPS) is 12.2. The lowest BCUT2D eigenvalue weighted by Crippen LogP contribution is -2.50. The van der Waals surface area contributed by atoms with Crippen LogP contribution in [0.15, 0.2) is 66.7 Å². The standard InChI is InChI=1S/C31H37N5O4/c1-7-31(3,4)32-30(38)29(23-16-17-26(39-5)27(18-23)40-6)35(19-22-14-12-21(2)13-15-22)28(37)20-36-25-11-9-8-10-24(25)33-34-36/h8-18,29H,7,19-20H2,1-6H3,(H,32,38)/t29-/m1/s1. The smallest absolute Gasteiger partial charge is 0.247 e. The number of nitrogens with one attached hydrogen (secondary N) is 1. The van der Waals surface area contributed by atoms with Crippen LogP contribution in [-0.2, 0) is 22.7 Å². The number of carbonyl (C=O) groups is 2. The summed E-state index contributed by atoms with van der Waals surface area (Å²) in [5.41, 5.74) is 3.56. The monoisotopic (exact) mass is 543 g/mol. The summed E-state index contributed by atoms with van der Waals surface area (Å²) in [4.78, 5) is 29.8. The average molecular weight is 544 g/mol. The number of hydrogen-bond donors (Lipinski definition) is 1. The van der Waals surface area contributed by atoms with Crippen molar-refractivity contribution in [3.8, 4) is 11.5 Å². The number of para-hydroxylation sites is 1. The van der Waals surface area contributed by atoms with Crippen LogP contribution < -0.4 is 14.8 Å². The molecule has 1 heterocycles. The van der Waals surface area contributed by atoms with Crippen molar-refractivity contribution in [3.63, 3.8) is 0 Å². The van der Waals surface area contributed by atoms with Crippen LogP contribution in [0.4, 0.5) is 0 Å². The van der Waals surface area contributed by atoms with Crippen LogP contribution in [0.3, 0.4) is 0 Å². The van der Waals surface area contributed by atoms with E-state index in [2.05, 4.69) is 15.6 Å². The van der Waals surface area contributed by atoms with Crippen molar-refractivity contribution >= 4 is 22.8 Å². The van der Waals surface area contributed by atoms with Gasteiger partial charge in [-0.3, -0.25) is 9.59 Å². The second-order valence-electron chi connectivity index (χ2n) is 10.5. The van der Waals surface area contributed by atoms with Crippen LogP contribution in [0, 0.1) is 6.92 Å². The van der Waals surface area contributed by atoms with Gasteiger partial charge in [0.05, 0.1) is 19.7 Å². The molecule has 2 amide bonds. The number of rotatable bonds is 11. The van der Waals surface area contributed by atoms with Crippen molar-refractivity contribution in [2.24, 2.45) is 0 Å². The zero-order valence-electron chi connectivity index (χ0n) is 24.0. The molecule has 40 heavy (non-hydrogen) atoms. The number of nitrogens with zero attached hydrogens (tertiary/aromatic N) is 4. The largest absolute Gasteiger partial charge is 0.493 e. The maximum atomic E-state index is 14.2. The van der Waals surface area contributed by atoms with Crippen LogP contribution in [-0.4, -0.2) is 51.5 Å². The van der Waals surface area contributed by atoms with Crippen molar-refractivity contribution in [1.29, 1.82) is 0 Å². The van der Waals surface area contributed by atoms with Gasteiger partial charge < -0.3 is 19.7 Å². The van der Waals surface area contributed by atoms with E-state index in [0.717, 1.165) is 16.6 Å². The number of benzene rings is 3. The summed E-state index contributed by atoms with van der Waals surface area (Å²) in [5.74, 6) is 0.436. The fourth-order valence-corrected chi connectivity index (χ4v) is 4.45. The van der Waals surface area contributed by atoms with Crippen LogP contribution >= 0.6 is 0 Å². The predicted octanol–water partition coefficient (Wildman–Crippen LogP) is 4.83. The van der Waals surface area contributed by atoms with Gasteiger partial charge in [-0.25, -0.2) is 4.68 Å². The molecule has 3 aromatic carbocycles. The fraction of sp³-hybridized carbons (Fsp3) is 0.355. The van der Waals surface area contributed by atoms with E-state index >= 15 is 0 Å². The third-order valence-electron chi connectivity index (χ3n) is 7.13. The van der Waals surface area contributed by atoms with E-state index in [4.69, 9.17) is 9.47 Å². The van der Waals surface area contributed by atoms with E-state index in [1.54, 1.807) is 42.0 Å². The number of aromatic nitrogens is 3. The molecule has 9 nitrogen and oxygen atoms in total. The lowest BCUT2D eigenvalue weighted by Gasteiger charge is -2.35. The molecule has 4 aromatic rings. The van der Waals surface area contributed by atoms with Gasteiger partial charge in [0.25, 0.3) is 0 Å². The second-order valence-corrected chi connectivity index (χ2v) is 10.5. The average Bonchev–Trinajstić information content (AvgIpc) is 3.36. The molecule has 0 aliphatic rings. The molecular weight excluding hydrogens is 506 g/mol. The van der Waals surface area contributed by atoms with Gasteiger partial charge in [-0.15, -0.1) is 5.10 Å². The molecule has 1 aromatic heterocycles. The number of hydrogen-bond acceptors (Lipinski definition) is 6. The highest BCUT2D eigenvalue weighted by Gasteiger charge is 2.35. The summed E-state index contributed by atoms with van der Waals surface area (Å²) in [6.45, 7) is 8.08. The highest BCUT2D eigenvalue weighted by molar-refractivity contribution is 5.89. The topological polar surface area (TPSA) is 98.6 Å². The number of methoxy groups -OCH3 is 2. The Labute approximate surface area is 235 Å². The van der Waals surface area contributed by atoms with Crippen molar-refractivity contribution in [2.45, 2.75) is 58.8 Å².